The molecule has 3 heterocycles. The van der Waals surface area contributed by atoms with E-state index in [4.69, 9.17) is 4.74 Å². The maximum absolute atomic E-state index is 14.6. The first-order valence-corrected chi connectivity index (χ1v) is 8.86. The number of carbonyl (C=O) groups excluding carboxylic acids is 1. The van der Waals surface area contributed by atoms with Crippen LogP contribution in [0.2, 0.25) is 0 Å². The van der Waals surface area contributed by atoms with E-state index < -0.39 is 23.4 Å². The molecule has 31 heavy (non-hydrogen) atoms. The number of aromatic amines is 1. The first-order chi connectivity index (χ1) is 14.9. The molecule has 4 rings (SSSR count). The van der Waals surface area contributed by atoms with E-state index in [0.717, 1.165) is 12.1 Å². The van der Waals surface area contributed by atoms with Crippen molar-refractivity contribution in [1.29, 1.82) is 5.26 Å². The minimum Gasteiger partial charge on any atom is -0.450 e. The van der Waals surface area contributed by atoms with Gasteiger partial charge in [0.1, 0.15) is 17.5 Å². The number of benzene rings is 1. The van der Waals surface area contributed by atoms with Gasteiger partial charge in [0, 0.05) is 30.2 Å². The summed E-state index contributed by atoms with van der Waals surface area (Å²) in [5, 5.41) is 21.8. The van der Waals surface area contributed by atoms with E-state index >= 15 is 0 Å². The third-order valence-corrected chi connectivity index (χ3v) is 4.16. The molecule has 0 bridgehead atoms. The van der Waals surface area contributed by atoms with Gasteiger partial charge in [0.2, 0.25) is 0 Å². The van der Waals surface area contributed by atoms with Gasteiger partial charge >= 0.3 is 6.03 Å². The summed E-state index contributed by atoms with van der Waals surface area (Å²) >= 11 is 0. The second-order valence-corrected chi connectivity index (χ2v) is 6.36. The molecule has 0 spiro atoms. The summed E-state index contributed by atoms with van der Waals surface area (Å²) in [4.78, 5) is 18.9. The summed E-state index contributed by atoms with van der Waals surface area (Å²) in [6.45, 7) is 1.74. The van der Waals surface area contributed by atoms with E-state index in [1.807, 2.05) is 6.07 Å². The van der Waals surface area contributed by atoms with Gasteiger partial charge in [-0.25, -0.2) is 18.6 Å². The number of hydrogen-bond donors (Lipinski definition) is 3. The smallest absolute Gasteiger partial charge is 0.324 e. The number of fused-ring (bicyclic) bond motifs is 1. The topological polar surface area (TPSA) is 129 Å². The summed E-state index contributed by atoms with van der Waals surface area (Å²) in [7, 11) is 0. The van der Waals surface area contributed by atoms with Crippen molar-refractivity contribution in [1.82, 2.24) is 20.2 Å². The van der Waals surface area contributed by atoms with Gasteiger partial charge in [-0.05, 0) is 25.1 Å². The van der Waals surface area contributed by atoms with Crippen LogP contribution in [0.15, 0.2) is 42.7 Å². The minimum atomic E-state index is -1.05. The molecule has 4 aromatic rings. The number of pyridine rings is 1. The van der Waals surface area contributed by atoms with E-state index in [1.54, 1.807) is 13.0 Å². The average molecular weight is 421 g/mol. The number of rotatable bonds is 4. The van der Waals surface area contributed by atoms with Gasteiger partial charge < -0.3 is 15.0 Å². The number of nitriles is 1. The zero-order valence-electron chi connectivity index (χ0n) is 15.9. The molecule has 0 fully saturated rings. The second-order valence-electron chi connectivity index (χ2n) is 6.36. The Kier molecular flexibility index (Phi) is 5.11. The van der Waals surface area contributed by atoms with Crippen LogP contribution < -0.4 is 15.4 Å². The highest BCUT2D eigenvalue weighted by Gasteiger charge is 2.18. The molecule has 9 nitrogen and oxygen atoms in total. The maximum atomic E-state index is 14.6. The van der Waals surface area contributed by atoms with Crippen LogP contribution in [0.25, 0.3) is 11.0 Å². The van der Waals surface area contributed by atoms with Gasteiger partial charge in [0.05, 0.1) is 16.6 Å². The van der Waals surface area contributed by atoms with Crippen molar-refractivity contribution < 1.29 is 18.3 Å². The number of aromatic nitrogens is 4. The lowest BCUT2D eigenvalue weighted by Crippen LogP contribution is -2.20. The van der Waals surface area contributed by atoms with E-state index in [1.165, 1.54) is 24.5 Å². The summed E-state index contributed by atoms with van der Waals surface area (Å²) in [6, 6.07) is 7.57. The van der Waals surface area contributed by atoms with Gasteiger partial charge in [-0.2, -0.15) is 10.4 Å². The number of aryl methyl sites for hydroxylation is 1. The zero-order valence-corrected chi connectivity index (χ0v) is 15.9. The third kappa shape index (κ3) is 4.08. The number of carbonyl (C=O) groups is 1. The van der Waals surface area contributed by atoms with Gasteiger partial charge in [-0.15, -0.1) is 5.10 Å². The molecule has 0 aliphatic carbocycles. The highest BCUT2D eigenvalue weighted by Crippen LogP contribution is 2.34. The van der Waals surface area contributed by atoms with Crippen molar-refractivity contribution in [3.8, 4) is 17.6 Å². The molecular weight excluding hydrogens is 408 g/mol. The quantitative estimate of drug-likeness (QED) is 0.452. The molecule has 0 aliphatic heterocycles. The van der Waals surface area contributed by atoms with Crippen molar-refractivity contribution in [3.05, 3.63) is 65.6 Å². The Morgan fingerprint density at radius 2 is 1.94 bits per heavy atom. The average Bonchev–Trinajstić information content (AvgIpc) is 3.16. The van der Waals surface area contributed by atoms with Crippen LogP contribution in [0.4, 0.5) is 25.1 Å². The number of urea groups is 1. The van der Waals surface area contributed by atoms with Crippen LogP contribution in [0, 0.1) is 29.9 Å². The Hall–Kier alpha value is -4.59. The Balaban J connectivity index is 1.55. The molecule has 3 aromatic heterocycles. The van der Waals surface area contributed by atoms with Crippen molar-refractivity contribution in [2.24, 2.45) is 0 Å². The van der Waals surface area contributed by atoms with Gasteiger partial charge in [-0.1, -0.05) is 0 Å². The number of amides is 2. The van der Waals surface area contributed by atoms with Crippen LogP contribution >= 0.6 is 0 Å². The number of nitrogens with zero attached hydrogens (tertiary/aromatic N) is 4. The van der Waals surface area contributed by atoms with E-state index in [0.29, 0.717) is 16.7 Å². The third-order valence-electron chi connectivity index (χ3n) is 4.16. The highest BCUT2D eigenvalue weighted by atomic mass is 19.1. The lowest BCUT2D eigenvalue weighted by molar-refractivity contribution is 0.262. The number of H-pyrrole nitrogens is 1. The van der Waals surface area contributed by atoms with Crippen LogP contribution in [0.5, 0.6) is 11.5 Å². The van der Waals surface area contributed by atoms with Crippen molar-refractivity contribution in [2.75, 3.05) is 10.6 Å². The zero-order chi connectivity index (χ0) is 22.0. The fourth-order valence-electron chi connectivity index (χ4n) is 2.78. The number of nitrogens with one attached hydrogen (secondary N) is 3. The molecule has 11 heteroatoms. The predicted octanol–water partition coefficient (Wildman–Crippen LogP) is 4.25. The Morgan fingerprint density at radius 1 is 1.16 bits per heavy atom. The lowest BCUT2D eigenvalue weighted by Gasteiger charge is -2.12. The van der Waals surface area contributed by atoms with E-state index in [-0.39, 0.29) is 22.8 Å². The molecular formula is C20H13F2N7O2. The van der Waals surface area contributed by atoms with Crippen molar-refractivity contribution in [2.45, 2.75) is 6.92 Å². The molecule has 3 N–H and O–H groups in total. The van der Waals surface area contributed by atoms with Gasteiger partial charge in [0.25, 0.3) is 0 Å². The summed E-state index contributed by atoms with van der Waals surface area (Å²) in [6.07, 6.45) is 2.79. The van der Waals surface area contributed by atoms with E-state index in [2.05, 4.69) is 30.8 Å². The molecule has 0 saturated heterocycles. The minimum absolute atomic E-state index is 0.0528. The van der Waals surface area contributed by atoms with Crippen molar-refractivity contribution >= 4 is 28.6 Å². The molecule has 0 radical (unpaired) electrons. The first-order valence-electron chi connectivity index (χ1n) is 8.86. The Morgan fingerprint density at radius 3 is 2.61 bits per heavy atom. The fourth-order valence-corrected chi connectivity index (χ4v) is 2.78. The Labute approximate surface area is 173 Å². The van der Waals surface area contributed by atoms with Gasteiger partial charge in [-0.3, -0.25) is 5.32 Å². The van der Waals surface area contributed by atoms with Crippen LogP contribution in [-0.2, 0) is 0 Å². The van der Waals surface area contributed by atoms with E-state index in [9.17, 15) is 18.8 Å². The molecule has 0 aliphatic rings. The maximum Gasteiger partial charge on any atom is 0.324 e. The number of ether oxygens (including phenoxy) is 1. The lowest BCUT2D eigenvalue weighted by atomic mass is 10.2. The molecule has 0 atom stereocenters. The normalized spacial score (nSPS) is 10.5. The molecule has 0 unspecified atom stereocenters. The SMILES string of the molecule is Cc1ccc(NC(=O)Nc2cc(F)c(Oc3ccnc4[nH]cc(C#N)c34)c(F)c2)nn1. The van der Waals surface area contributed by atoms with Crippen LogP contribution in [0.3, 0.4) is 0 Å². The Bertz CT molecular complexity index is 1310. The summed E-state index contributed by atoms with van der Waals surface area (Å²) < 4.78 is 34.6. The number of anilines is 2. The number of hydrogen-bond acceptors (Lipinski definition) is 6. The monoisotopic (exact) mass is 421 g/mol. The van der Waals surface area contributed by atoms with Crippen molar-refractivity contribution in [3.63, 3.8) is 0 Å². The van der Waals surface area contributed by atoms with Gasteiger partial charge in [0.15, 0.2) is 23.2 Å². The predicted molar refractivity (Wildman–Crippen MR) is 107 cm³/mol. The highest BCUT2D eigenvalue weighted by molar-refractivity contribution is 5.99. The second kappa shape index (κ2) is 8.03. The summed E-state index contributed by atoms with van der Waals surface area (Å²) in [5.74, 6) is -2.57. The molecule has 2 amide bonds. The van der Waals surface area contributed by atoms with Crippen LogP contribution in [0.1, 0.15) is 11.3 Å². The number of halogens is 2. The summed E-state index contributed by atoms with van der Waals surface area (Å²) in [5.41, 5.74) is 1.08. The standard InChI is InChI=1S/C20H13F2N7O2/c1-10-2-3-16(29-28-10)27-20(30)26-12-6-13(21)18(14(22)7-12)31-15-4-5-24-19-17(15)11(8-23)9-25-19/h2-7,9H,1H3,(H,24,25)(H2,26,27,29,30). The molecule has 0 saturated carbocycles. The van der Waals surface area contributed by atoms with Crippen LogP contribution in [-0.4, -0.2) is 26.2 Å². The molecule has 154 valence electrons. The largest absolute Gasteiger partial charge is 0.450 e. The fraction of sp³-hybridized carbons (Fsp3) is 0.0500. The molecule has 1 aromatic carbocycles. The first kappa shape index (κ1) is 19.7.